The van der Waals surface area contributed by atoms with Crippen LogP contribution in [0.25, 0.3) is 0 Å². The summed E-state index contributed by atoms with van der Waals surface area (Å²) in [6.45, 7) is 0.271. The fourth-order valence-electron chi connectivity index (χ4n) is 1.20. The fraction of sp³-hybridized carbons (Fsp3) is 0.273. The van der Waals surface area contributed by atoms with Crippen LogP contribution in [0.4, 0.5) is 0 Å². The van der Waals surface area contributed by atoms with Crippen molar-refractivity contribution in [1.29, 1.82) is 0 Å². The number of carbonyl (C=O) groups excluding carboxylic acids is 2. The van der Waals surface area contributed by atoms with E-state index in [4.69, 9.17) is 11.6 Å². The van der Waals surface area contributed by atoms with Gasteiger partial charge < -0.3 is 9.64 Å². The summed E-state index contributed by atoms with van der Waals surface area (Å²) in [4.78, 5) is 23.6. The standard InChI is InChI=1S/C11H12ClNO3/c1-13(10(14)11(15)16-2)7-8-5-3-4-6-9(8)12/h3-6H,7H2,1-2H3. The molecule has 0 saturated heterocycles. The van der Waals surface area contributed by atoms with E-state index in [1.807, 2.05) is 6.07 Å². The first-order valence-electron chi connectivity index (χ1n) is 4.63. The monoisotopic (exact) mass is 241 g/mol. The van der Waals surface area contributed by atoms with Crippen LogP contribution in [0.3, 0.4) is 0 Å². The van der Waals surface area contributed by atoms with Gasteiger partial charge >= 0.3 is 11.9 Å². The molecule has 0 saturated carbocycles. The third kappa shape index (κ3) is 2.97. The van der Waals surface area contributed by atoms with E-state index in [0.29, 0.717) is 5.02 Å². The molecule has 4 nitrogen and oxygen atoms in total. The van der Waals surface area contributed by atoms with Crippen molar-refractivity contribution in [2.24, 2.45) is 0 Å². The van der Waals surface area contributed by atoms with Crippen LogP contribution in [0.5, 0.6) is 0 Å². The lowest BCUT2D eigenvalue weighted by Gasteiger charge is -2.16. The normalized spacial score (nSPS) is 9.69. The van der Waals surface area contributed by atoms with Gasteiger partial charge in [0.05, 0.1) is 7.11 Å². The van der Waals surface area contributed by atoms with E-state index in [0.717, 1.165) is 5.56 Å². The Kier molecular flexibility index (Phi) is 4.31. The van der Waals surface area contributed by atoms with Crippen LogP contribution in [-0.2, 0) is 20.9 Å². The van der Waals surface area contributed by atoms with Gasteiger partial charge in [0.25, 0.3) is 0 Å². The van der Waals surface area contributed by atoms with E-state index in [1.54, 1.807) is 18.2 Å². The Bertz CT molecular complexity index is 406. The number of rotatable bonds is 2. The number of methoxy groups -OCH3 is 1. The summed E-state index contributed by atoms with van der Waals surface area (Å²) in [6.07, 6.45) is 0. The Labute approximate surface area is 98.8 Å². The predicted octanol–water partition coefficient (Wildman–Crippen LogP) is 1.47. The van der Waals surface area contributed by atoms with Crippen LogP contribution in [0.15, 0.2) is 24.3 Å². The number of carbonyl (C=O) groups is 2. The molecule has 5 heteroatoms. The van der Waals surface area contributed by atoms with E-state index in [-0.39, 0.29) is 6.54 Å². The number of hydrogen-bond donors (Lipinski definition) is 0. The fourth-order valence-corrected chi connectivity index (χ4v) is 1.39. The average Bonchev–Trinajstić information content (AvgIpc) is 2.30. The average molecular weight is 242 g/mol. The zero-order valence-electron chi connectivity index (χ0n) is 9.07. The lowest BCUT2D eigenvalue weighted by molar-refractivity contribution is -0.157. The van der Waals surface area contributed by atoms with E-state index >= 15 is 0 Å². The third-order valence-electron chi connectivity index (χ3n) is 2.07. The third-order valence-corrected chi connectivity index (χ3v) is 2.44. The van der Waals surface area contributed by atoms with Gasteiger partial charge in [-0.1, -0.05) is 29.8 Å². The number of esters is 1. The minimum absolute atomic E-state index is 0.271. The van der Waals surface area contributed by atoms with Gasteiger partial charge in [0.2, 0.25) is 0 Å². The number of halogens is 1. The molecule has 0 aliphatic heterocycles. The van der Waals surface area contributed by atoms with Crippen molar-refractivity contribution in [3.8, 4) is 0 Å². The van der Waals surface area contributed by atoms with E-state index in [1.165, 1.54) is 19.1 Å². The highest BCUT2D eigenvalue weighted by atomic mass is 35.5. The first-order chi connectivity index (χ1) is 7.56. The summed E-state index contributed by atoms with van der Waals surface area (Å²) < 4.78 is 4.34. The Morgan fingerprint density at radius 2 is 2.00 bits per heavy atom. The molecule has 16 heavy (non-hydrogen) atoms. The quantitative estimate of drug-likeness (QED) is 0.582. The molecule has 0 spiro atoms. The number of likely N-dealkylation sites (N-methyl/N-ethyl adjacent to an activating group) is 1. The predicted molar refractivity (Wildman–Crippen MR) is 59.9 cm³/mol. The van der Waals surface area contributed by atoms with Gasteiger partial charge in [-0.05, 0) is 11.6 Å². The van der Waals surface area contributed by atoms with E-state index in [9.17, 15) is 9.59 Å². The first kappa shape index (κ1) is 12.5. The molecule has 0 aliphatic carbocycles. The highest BCUT2D eigenvalue weighted by Crippen LogP contribution is 2.16. The smallest absolute Gasteiger partial charge is 0.396 e. The maximum atomic E-state index is 11.4. The van der Waals surface area contributed by atoms with Crippen molar-refractivity contribution in [3.63, 3.8) is 0 Å². The van der Waals surface area contributed by atoms with E-state index < -0.39 is 11.9 Å². The minimum atomic E-state index is -0.880. The molecule has 1 aromatic rings. The molecule has 0 radical (unpaired) electrons. The molecule has 86 valence electrons. The molecular formula is C11H12ClNO3. The van der Waals surface area contributed by atoms with Crippen LogP contribution < -0.4 is 0 Å². The van der Waals surface area contributed by atoms with Gasteiger partial charge in [0.15, 0.2) is 0 Å². The summed E-state index contributed by atoms with van der Waals surface area (Å²) in [6, 6.07) is 7.14. The van der Waals surface area contributed by atoms with Gasteiger partial charge in [-0.3, -0.25) is 4.79 Å². The second-order valence-corrected chi connectivity index (χ2v) is 3.65. The van der Waals surface area contributed by atoms with Crippen LogP contribution in [-0.4, -0.2) is 30.9 Å². The second kappa shape index (κ2) is 5.51. The van der Waals surface area contributed by atoms with Crippen molar-refractivity contribution in [3.05, 3.63) is 34.9 Å². The van der Waals surface area contributed by atoms with Gasteiger partial charge in [-0.25, -0.2) is 4.79 Å². The van der Waals surface area contributed by atoms with Crippen LogP contribution in [0.1, 0.15) is 5.56 Å². The van der Waals surface area contributed by atoms with Crippen LogP contribution in [0.2, 0.25) is 5.02 Å². The first-order valence-corrected chi connectivity index (χ1v) is 5.01. The maximum absolute atomic E-state index is 11.4. The summed E-state index contributed by atoms with van der Waals surface area (Å²) in [5.41, 5.74) is 0.781. The molecule has 0 atom stereocenters. The molecule has 1 amide bonds. The Morgan fingerprint density at radius 3 is 2.56 bits per heavy atom. The topological polar surface area (TPSA) is 46.6 Å². The number of amides is 1. The Hall–Kier alpha value is -1.55. The maximum Gasteiger partial charge on any atom is 0.396 e. The van der Waals surface area contributed by atoms with Gasteiger partial charge in [-0.15, -0.1) is 0 Å². The van der Waals surface area contributed by atoms with Crippen molar-refractivity contribution in [1.82, 2.24) is 4.90 Å². The molecule has 0 bridgehead atoms. The molecule has 0 heterocycles. The van der Waals surface area contributed by atoms with Crippen molar-refractivity contribution >= 4 is 23.5 Å². The molecular weight excluding hydrogens is 230 g/mol. The lowest BCUT2D eigenvalue weighted by Crippen LogP contribution is -2.33. The van der Waals surface area contributed by atoms with E-state index in [2.05, 4.69) is 4.74 Å². The minimum Gasteiger partial charge on any atom is -0.462 e. The number of nitrogens with zero attached hydrogens (tertiary/aromatic N) is 1. The molecule has 0 aliphatic rings. The zero-order chi connectivity index (χ0) is 12.1. The summed E-state index contributed by atoms with van der Waals surface area (Å²) in [5, 5.41) is 0.562. The lowest BCUT2D eigenvalue weighted by atomic mass is 10.2. The largest absolute Gasteiger partial charge is 0.462 e. The molecule has 0 aromatic heterocycles. The Balaban J connectivity index is 2.72. The molecule has 0 unspecified atom stereocenters. The molecule has 0 fully saturated rings. The number of hydrogen-bond acceptors (Lipinski definition) is 3. The summed E-state index contributed by atoms with van der Waals surface area (Å²) >= 11 is 5.93. The molecule has 0 N–H and O–H groups in total. The highest BCUT2D eigenvalue weighted by molar-refractivity contribution is 6.32. The van der Waals surface area contributed by atoms with Crippen molar-refractivity contribution < 1.29 is 14.3 Å². The van der Waals surface area contributed by atoms with Crippen LogP contribution in [0, 0.1) is 0 Å². The highest BCUT2D eigenvalue weighted by Gasteiger charge is 2.19. The summed E-state index contributed by atoms with van der Waals surface area (Å²) in [5.74, 6) is -1.57. The van der Waals surface area contributed by atoms with Gasteiger partial charge in [-0.2, -0.15) is 0 Å². The number of benzene rings is 1. The SMILES string of the molecule is COC(=O)C(=O)N(C)Cc1ccccc1Cl. The van der Waals surface area contributed by atoms with Gasteiger partial charge in [0.1, 0.15) is 0 Å². The molecule has 1 aromatic carbocycles. The van der Waals surface area contributed by atoms with Crippen LogP contribution >= 0.6 is 11.6 Å². The summed E-state index contributed by atoms with van der Waals surface area (Å²) in [7, 11) is 2.69. The second-order valence-electron chi connectivity index (χ2n) is 3.24. The van der Waals surface area contributed by atoms with Gasteiger partial charge in [0, 0.05) is 18.6 Å². The number of ether oxygens (including phenoxy) is 1. The zero-order valence-corrected chi connectivity index (χ0v) is 9.82. The van der Waals surface area contributed by atoms with Crippen molar-refractivity contribution in [2.45, 2.75) is 6.54 Å². The molecule has 1 rings (SSSR count). The van der Waals surface area contributed by atoms with Crippen molar-refractivity contribution in [2.75, 3.05) is 14.2 Å². The Morgan fingerprint density at radius 1 is 1.38 bits per heavy atom.